The Morgan fingerprint density at radius 3 is 1.48 bits per heavy atom. The zero-order valence-corrected chi connectivity index (χ0v) is 20.7. The number of furan rings is 2. The monoisotopic (exact) mass is 450 g/mol. The average molecular weight is 451 g/mol. The van der Waals surface area contributed by atoms with Crippen molar-refractivity contribution >= 4 is 37.0 Å². The Hall–Kier alpha value is -0.390. The zero-order valence-electron chi connectivity index (χ0n) is 18.1. The molecular weight excluding hydrogens is 416 g/mol. The summed E-state index contributed by atoms with van der Waals surface area (Å²) in [5.41, 5.74) is 2.70. The van der Waals surface area contributed by atoms with Crippen molar-refractivity contribution in [3.63, 3.8) is 0 Å². The van der Waals surface area contributed by atoms with Crippen LogP contribution < -0.4 is 0 Å². The maximum Gasteiger partial charge on any atom is 0.105 e. The Morgan fingerprint density at radius 1 is 0.759 bits per heavy atom. The summed E-state index contributed by atoms with van der Waals surface area (Å²) in [5, 5.41) is 0.620. The highest BCUT2D eigenvalue weighted by molar-refractivity contribution is 8.02. The van der Waals surface area contributed by atoms with E-state index >= 15 is 0 Å². The predicted molar refractivity (Wildman–Crippen MR) is 130 cm³/mol. The van der Waals surface area contributed by atoms with Crippen molar-refractivity contribution in [1.29, 1.82) is 0 Å². The summed E-state index contributed by atoms with van der Waals surface area (Å²) >= 11 is 12.6. The van der Waals surface area contributed by atoms with E-state index in [0.717, 1.165) is 48.7 Å². The second kappa shape index (κ2) is 8.27. The molecule has 29 heavy (non-hydrogen) atoms. The van der Waals surface area contributed by atoms with Gasteiger partial charge in [0.05, 0.1) is 9.49 Å². The summed E-state index contributed by atoms with van der Waals surface area (Å²) < 4.78 is 12.0. The van der Waals surface area contributed by atoms with Crippen molar-refractivity contribution in [2.24, 2.45) is 0 Å². The molecule has 2 aliphatic rings. The third-order valence-corrected chi connectivity index (χ3v) is 10.9. The molecule has 2 fully saturated rings. The highest BCUT2D eigenvalue weighted by Crippen LogP contribution is 2.63. The normalized spacial score (nSPS) is 33.2. The fraction of sp³-hybridized carbons (Fsp3) is 0.667. The van der Waals surface area contributed by atoms with Gasteiger partial charge in [-0.3, -0.25) is 0 Å². The minimum Gasteiger partial charge on any atom is -0.466 e. The van der Waals surface area contributed by atoms with Gasteiger partial charge in [0.2, 0.25) is 0 Å². The summed E-state index contributed by atoms with van der Waals surface area (Å²) in [6.45, 7) is 8.37. The third-order valence-electron chi connectivity index (χ3n) is 6.99. The lowest BCUT2D eigenvalue weighted by atomic mass is 9.81. The van der Waals surface area contributed by atoms with E-state index < -0.39 is 0 Å². The molecule has 2 aromatic heterocycles. The Bertz CT molecular complexity index is 799. The largest absolute Gasteiger partial charge is 0.466 e. The van der Waals surface area contributed by atoms with Gasteiger partial charge in [-0.25, -0.2) is 0 Å². The SMILES string of the molecule is Cc1cc(C2(SC3(c4cc(C)oc4C)CCCCC3S)CCCCC2S)c(C)o1. The number of hydrogen-bond acceptors (Lipinski definition) is 5. The number of thioether (sulfide) groups is 1. The summed E-state index contributed by atoms with van der Waals surface area (Å²) in [5.74, 6) is 4.11. The quantitative estimate of drug-likeness (QED) is 0.468. The maximum atomic E-state index is 6.04. The molecule has 0 bridgehead atoms. The van der Waals surface area contributed by atoms with Gasteiger partial charge in [-0.2, -0.15) is 25.3 Å². The van der Waals surface area contributed by atoms with Gasteiger partial charge in [-0.05, 0) is 65.5 Å². The van der Waals surface area contributed by atoms with E-state index in [4.69, 9.17) is 34.1 Å². The molecule has 0 aliphatic heterocycles. The minimum atomic E-state index is -0.0564. The first kappa shape index (κ1) is 21.8. The number of thiol groups is 2. The van der Waals surface area contributed by atoms with Crippen LogP contribution in [0.4, 0.5) is 0 Å². The van der Waals surface area contributed by atoms with Gasteiger partial charge in [0, 0.05) is 21.6 Å². The molecule has 0 amide bonds. The fourth-order valence-corrected chi connectivity index (χ4v) is 9.15. The van der Waals surface area contributed by atoms with E-state index in [1.807, 2.05) is 0 Å². The first-order valence-corrected chi connectivity index (χ1v) is 12.8. The minimum absolute atomic E-state index is 0.0564. The lowest BCUT2D eigenvalue weighted by molar-refractivity contribution is 0.380. The van der Waals surface area contributed by atoms with Gasteiger partial charge in [0.15, 0.2) is 0 Å². The fourth-order valence-electron chi connectivity index (χ4n) is 5.65. The molecule has 5 heteroatoms. The molecule has 0 spiro atoms. The van der Waals surface area contributed by atoms with Crippen LogP contribution in [0, 0.1) is 27.7 Å². The number of aryl methyl sites for hydroxylation is 4. The lowest BCUT2D eigenvalue weighted by Gasteiger charge is -2.51. The van der Waals surface area contributed by atoms with Crippen LogP contribution in [0.25, 0.3) is 0 Å². The van der Waals surface area contributed by atoms with Crippen LogP contribution >= 0.6 is 37.0 Å². The molecule has 0 aromatic carbocycles. The molecule has 2 aromatic rings. The highest BCUT2D eigenvalue weighted by atomic mass is 32.2. The molecule has 4 atom stereocenters. The Balaban J connectivity index is 1.88. The van der Waals surface area contributed by atoms with Crippen LogP contribution in [0.3, 0.4) is 0 Å². The molecule has 0 saturated heterocycles. The second-order valence-electron chi connectivity index (χ2n) is 9.06. The van der Waals surface area contributed by atoms with Gasteiger partial charge in [0.25, 0.3) is 0 Å². The molecule has 2 saturated carbocycles. The molecule has 2 nitrogen and oxygen atoms in total. The first-order chi connectivity index (χ1) is 13.8. The van der Waals surface area contributed by atoms with Crippen LogP contribution in [-0.4, -0.2) is 10.5 Å². The zero-order chi connectivity index (χ0) is 20.8. The molecular formula is C24H34O2S3. The Morgan fingerprint density at radius 2 is 1.17 bits per heavy atom. The second-order valence-corrected chi connectivity index (χ2v) is 12.0. The van der Waals surface area contributed by atoms with Gasteiger partial charge >= 0.3 is 0 Å². The summed E-state index contributed by atoms with van der Waals surface area (Å²) in [4.78, 5) is 0. The lowest BCUT2D eigenvalue weighted by Crippen LogP contribution is -2.45. The van der Waals surface area contributed by atoms with E-state index in [-0.39, 0.29) is 9.49 Å². The van der Waals surface area contributed by atoms with E-state index in [1.54, 1.807) is 0 Å². The van der Waals surface area contributed by atoms with Crippen molar-refractivity contribution in [3.8, 4) is 0 Å². The maximum absolute atomic E-state index is 6.04. The molecule has 0 radical (unpaired) electrons. The molecule has 0 N–H and O–H groups in total. The van der Waals surface area contributed by atoms with E-state index in [0.29, 0.717) is 10.5 Å². The van der Waals surface area contributed by atoms with Crippen LogP contribution in [0.5, 0.6) is 0 Å². The standard InChI is InChI=1S/C24H34O2S3/c1-15-13-19(17(3)25-15)23(11-7-5-9-21(23)27)29-24(12-8-6-10-22(24)28)20-14-16(2)26-18(20)4/h13-14,21-22,27-28H,5-12H2,1-4H3. The predicted octanol–water partition coefficient (Wildman–Crippen LogP) is 7.68. The van der Waals surface area contributed by atoms with Gasteiger partial charge < -0.3 is 8.83 Å². The van der Waals surface area contributed by atoms with Crippen LogP contribution in [0.2, 0.25) is 0 Å². The smallest absolute Gasteiger partial charge is 0.105 e. The molecule has 2 heterocycles. The Kier molecular flexibility index (Phi) is 6.23. The van der Waals surface area contributed by atoms with E-state index in [9.17, 15) is 0 Å². The number of hydrogen-bond donors (Lipinski definition) is 2. The Labute approximate surface area is 190 Å². The molecule has 4 rings (SSSR count). The first-order valence-electron chi connectivity index (χ1n) is 11.0. The van der Waals surface area contributed by atoms with Crippen molar-refractivity contribution in [2.45, 2.75) is 99.1 Å². The van der Waals surface area contributed by atoms with Crippen molar-refractivity contribution < 1.29 is 8.83 Å². The topological polar surface area (TPSA) is 26.3 Å². The summed E-state index contributed by atoms with van der Waals surface area (Å²) in [7, 11) is 0. The summed E-state index contributed by atoms with van der Waals surface area (Å²) in [6.07, 6.45) is 9.58. The molecule has 2 aliphatic carbocycles. The highest BCUT2D eigenvalue weighted by Gasteiger charge is 2.53. The average Bonchev–Trinajstić information content (AvgIpc) is 3.20. The van der Waals surface area contributed by atoms with Gasteiger partial charge in [-0.15, -0.1) is 11.8 Å². The van der Waals surface area contributed by atoms with Gasteiger partial charge in [-0.1, -0.05) is 25.7 Å². The van der Waals surface area contributed by atoms with E-state index in [2.05, 4.69) is 51.6 Å². The van der Waals surface area contributed by atoms with Crippen molar-refractivity contribution in [3.05, 3.63) is 46.3 Å². The van der Waals surface area contributed by atoms with Gasteiger partial charge in [0.1, 0.15) is 23.0 Å². The van der Waals surface area contributed by atoms with Crippen molar-refractivity contribution in [2.75, 3.05) is 0 Å². The van der Waals surface area contributed by atoms with Crippen molar-refractivity contribution in [1.82, 2.24) is 0 Å². The third kappa shape index (κ3) is 3.74. The number of rotatable bonds is 4. The van der Waals surface area contributed by atoms with Crippen LogP contribution in [-0.2, 0) is 9.49 Å². The van der Waals surface area contributed by atoms with E-state index in [1.165, 1.54) is 36.8 Å². The summed E-state index contributed by atoms with van der Waals surface area (Å²) in [6, 6.07) is 4.54. The van der Waals surface area contributed by atoms with Crippen LogP contribution in [0.15, 0.2) is 21.0 Å². The van der Waals surface area contributed by atoms with Crippen LogP contribution in [0.1, 0.15) is 85.5 Å². The molecule has 4 unspecified atom stereocenters. The molecule has 160 valence electrons.